The number of nitrogens with one attached hydrogen (secondary N) is 1. The number of carbonyl (C=O) groups is 2. The first-order chi connectivity index (χ1) is 9.92. The largest absolute Gasteiger partial charge is 0.481 e. The number of carboxylic acid groups (broad SMARTS) is 1. The van der Waals surface area contributed by atoms with Crippen molar-refractivity contribution in [3.8, 4) is 0 Å². The highest BCUT2D eigenvalue weighted by molar-refractivity contribution is 5.74. The summed E-state index contributed by atoms with van der Waals surface area (Å²) in [7, 11) is 0. The number of aliphatic carboxylic acids is 1. The zero-order valence-corrected chi connectivity index (χ0v) is 12.7. The number of hydrogen-bond acceptors (Lipinski definition) is 3. The van der Waals surface area contributed by atoms with Gasteiger partial charge in [-0.3, -0.25) is 4.79 Å². The second-order valence-corrected chi connectivity index (χ2v) is 6.50. The summed E-state index contributed by atoms with van der Waals surface area (Å²) in [5.74, 6) is -1.10. The molecule has 3 atom stereocenters. The Hall–Kier alpha value is -1.30. The molecule has 2 aliphatic rings. The van der Waals surface area contributed by atoms with Gasteiger partial charge in [-0.2, -0.15) is 0 Å². The van der Waals surface area contributed by atoms with Crippen molar-refractivity contribution >= 4 is 12.0 Å². The molecule has 1 saturated carbocycles. The van der Waals surface area contributed by atoms with Crippen molar-refractivity contribution in [2.45, 2.75) is 51.0 Å². The Morgan fingerprint density at radius 3 is 2.86 bits per heavy atom. The Morgan fingerprint density at radius 1 is 1.38 bits per heavy atom. The average Bonchev–Trinajstić information content (AvgIpc) is 2.45. The molecule has 6 heteroatoms. The van der Waals surface area contributed by atoms with E-state index in [0.29, 0.717) is 32.5 Å². The van der Waals surface area contributed by atoms with Gasteiger partial charge in [0.05, 0.1) is 11.5 Å². The molecule has 3 N–H and O–H groups in total. The Balaban J connectivity index is 1.77. The van der Waals surface area contributed by atoms with Gasteiger partial charge in [-0.1, -0.05) is 19.8 Å². The molecule has 0 bridgehead atoms. The van der Waals surface area contributed by atoms with Crippen molar-refractivity contribution in [2.24, 2.45) is 11.8 Å². The van der Waals surface area contributed by atoms with Crippen molar-refractivity contribution < 1.29 is 19.8 Å². The SMILES string of the molecule is CC(CCNC(=O)N1CCC2(O)CCCCC2C1)C(=O)O. The maximum absolute atomic E-state index is 12.1. The van der Waals surface area contributed by atoms with Crippen LogP contribution in [-0.2, 0) is 4.79 Å². The number of aliphatic hydroxyl groups is 1. The molecule has 0 spiro atoms. The topological polar surface area (TPSA) is 89.9 Å². The number of hydrogen-bond donors (Lipinski definition) is 3. The predicted octanol–water partition coefficient (Wildman–Crippen LogP) is 1.43. The monoisotopic (exact) mass is 298 g/mol. The molecule has 0 radical (unpaired) electrons. The number of urea groups is 1. The van der Waals surface area contributed by atoms with Gasteiger partial charge in [-0.25, -0.2) is 4.79 Å². The van der Waals surface area contributed by atoms with Crippen LogP contribution in [0.4, 0.5) is 4.79 Å². The lowest BCUT2D eigenvalue weighted by Gasteiger charge is -2.47. The number of rotatable bonds is 4. The van der Waals surface area contributed by atoms with Crippen LogP contribution in [0, 0.1) is 11.8 Å². The van der Waals surface area contributed by atoms with Crippen LogP contribution >= 0.6 is 0 Å². The van der Waals surface area contributed by atoms with E-state index in [2.05, 4.69) is 5.32 Å². The molecule has 3 unspecified atom stereocenters. The lowest BCUT2D eigenvalue weighted by molar-refractivity contribution is -0.141. The summed E-state index contributed by atoms with van der Waals surface area (Å²) < 4.78 is 0. The molecule has 0 aromatic carbocycles. The first-order valence-corrected chi connectivity index (χ1v) is 7.90. The van der Waals surface area contributed by atoms with Crippen LogP contribution in [-0.4, -0.2) is 52.3 Å². The van der Waals surface area contributed by atoms with E-state index in [9.17, 15) is 14.7 Å². The third-order valence-corrected chi connectivity index (χ3v) is 4.99. The van der Waals surface area contributed by atoms with E-state index in [-0.39, 0.29) is 11.9 Å². The molecule has 1 heterocycles. The number of amides is 2. The Labute approximate surface area is 125 Å². The molecule has 120 valence electrons. The Kier molecular flexibility index (Phi) is 5.08. The van der Waals surface area contributed by atoms with Gasteiger partial charge >= 0.3 is 12.0 Å². The standard InChI is InChI=1S/C15H26N2O4/c1-11(13(18)19)5-8-16-14(20)17-9-7-15(21)6-3-2-4-12(15)10-17/h11-12,21H,2-10H2,1H3,(H,16,20)(H,18,19). The fourth-order valence-electron chi connectivity index (χ4n) is 3.39. The lowest BCUT2D eigenvalue weighted by Crippen LogP contribution is -2.56. The molecule has 1 aliphatic heterocycles. The highest BCUT2D eigenvalue weighted by atomic mass is 16.4. The highest BCUT2D eigenvalue weighted by Gasteiger charge is 2.43. The third kappa shape index (κ3) is 3.87. The van der Waals surface area contributed by atoms with E-state index in [1.807, 2.05) is 0 Å². The number of piperidine rings is 1. The maximum atomic E-state index is 12.1. The quantitative estimate of drug-likeness (QED) is 0.732. The maximum Gasteiger partial charge on any atom is 0.317 e. The minimum Gasteiger partial charge on any atom is -0.481 e. The minimum atomic E-state index is -0.838. The van der Waals surface area contributed by atoms with Crippen molar-refractivity contribution in [1.29, 1.82) is 0 Å². The van der Waals surface area contributed by atoms with Crippen LogP contribution in [0.1, 0.15) is 45.4 Å². The number of nitrogens with zero attached hydrogens (tertiary/aromatic N) is 1. The van der Waals surface area contributed by atoms with Gasteiger partial charge in [0.25, 0.3) is 0 Å². The van der Waals surface area contributed by atoms with Gasteiger partial charge in [0.1, 0.15) is 0 Å². The molecule has 1 aliphatic carbocycles. The molecule has 0 aromatic heterocycles. The van der Waals surface area contributed by atoms with E-state index in [1.165, 1.54) is 0 Å². The van der Waals surface area contributed by atoms with Gasteiger partial charge in [0, 0.05) is 25.6 Å². The van der Waals surface area contributed by atoms with Gasteiger partial charge in [-0.15, -0.1) is 0 Å². The first-order valence-electron chi connectivity index (χ1n) is 7.90. The minimum absolute atomic E-state index is 0.139. The summed E-state index contributed by atoms with van der Waals surface area (Å²) in [6, 6.07) is -0.139. The van der Waals surface area contributed by atoms with Gasteiger partial charge in [-0.05, 0) is 25.7 Å². The van der Waals surface area contributed by atoms with Crippen molar-refractivity contribution in [1.82, 2.24) is 10.2 Å². The van der Waals surface area contributed by atoms with Crippen LogP contribution in [0.15, 0.2) is 0 Å². The summed E-state index contributed by atoms with van der Waals surface area (Å²) in [5.41, 5.74) is -0.577. The van der Waals surface area contributed by atoms with Crippen molar-refractivity contribution in [2.75, 3.05) is 19.6 Å². The average molecular weight is 298 g/mol. The van der Waals surface area contributed by atoms with Crippen LogP contribution < -0.4 is 5.32 Å². The Bertz CT molecular complexity index is 401. The molecule has 2 fully saturated rings. The molecule has 6 nitrogen and oxygen atoms in total. The fraction of sp³-hybridized carbons (Fsp3) is 0.867. The van der Waals surface area contributed by atoms with E-state index in [0.717, 1.165) is 25.7 Å². The van der Waals surface area contributed by atoms with E-state index < -0.39 is 17.5 Å². The molecule has 2 rings (SSSR count). The summed E-state index contributed by atoms with van der Waals surface area (Å²) in [6.07, 6.45) is 5.11. The number of carboxylic acids is 1. The number of fused-ring (bicyclic) bond motifs is 1. The smallest absolute Gasteiger partial charge is 0.317 e. The normalized spacial score (nSPS) is 30.4. The molecule has 21 heavy (non-hydrogen) atoms. The molecule has 0 aromatic rings. The van der Waals surface area contributed by atoms with Crippen LogP contribution in [0.5, 0.6) is 0 Å². The fourth-order valence-corrected chi connectivity index (χ4v) is 3.39. The molecule has 2 amide bonds. The van der Waals surface area contributed by atoms with Crippen molar-refractivity contribution in [3.63, 3.8) is 0 Å². The third-order valence-electron chi connectivity index (χ3n) is 4.99. The molecular formula is C15H26N2O4. The second kappa shape index (κ2) is 6.64. The van der Waals surface area contributed by atoms with Crippen LogP contribution in [0.25, 0.3) is 0 Å². The number of carbonyl (C=O) groups excluding carboxylic acids is 1. The summed E-state index contributed by atoms with van der Waals surface area (Å²) in [5, 5.41) is 22.2. The van der Waals surface area contributed by atoms with Crippen LogP contribution in [0.2, 0.25) is 0 Å². The highest BCUT2D eigenvalue weighted by Crippen LogP contribution is 2.39. The summed E-state index contributed by atoms with van der Waals surface area (Å²) >= 11 is 0. The first kappa shape index (κ1) is 16.1. The predicted molar refractivity (Wildman–Crippen MR) is 77.9 cm³/mol. The van der Waals surface area contributed by atoms with E-state index in [4.69, 9.17) is 5.11 Å². The second-order valence-electron chi connectivity index (χ2n) is 6.50. The molecule has 1 saturated heterocycles. The summed E-state index contributed by atoms with van der Waals surface area (Å²) in [6.45, 7) is 3.19. The summed E-state index contributed by atoms with van der Waals surface area (Å²) in [4.78, 5) is 24.6. The van der Waals surface area contributed by atoms with E-state index in [1.54, 1.807) is 11.8 Å². The van der Waals surface area contributed by atoms with Crippen molar-refractivity contribution in [3.05, 3.63) is 0 Å². The lowest BCUT2D eigenvalue weighted by atomic mass is 9.71. The zero-order chi connectivity index (χ0) is 15.5. The van der Waals surface area contributed by atoms with E-state index >= 15 is 0 Å². The van der Waals surface area contributed by atoms with Gasteiger partial charge in [0.2, 0.25) is 0 Å². The molecular weight excluding hydrogens is 272 g/mol. The van der Waals surface area contributed by atoms with Gasteiger partial charge < -0.3 is 20.4 Å². The Morgan fingerprint density at radius 2 is 2.14 bits per heavy atom. The van der Waals surface area contributed by atoms with Gasteiger partial charge in [0.15, 0.2) is 0 Å². The number of likely N-dealkylation sites (tertiary alicyclic amines) is 1. The zero-order valence-electron chi connectivity index (χ0n) is 12.7. The van der Waals surface area contributed by atoms with Crippen LogP contribution in [0.3, 0.4) is 0 Å².